The molecule has 6 aromatic rings. The normalized spacial score (nSPS) is 11.3. The molecule has 0 N–H and O–H groups in total. The Morgan fingerprint density at radius 3 is 1.68 bits per heavy atom. The largest absolute Gasteiger partial charge is 0.378 e. The first kappa shape index (κ1) is 26.5. The van der Waals surface area contributed by atoms with E-state index in [0.717, 1.165) is 66.7 Å². The zero-order chi connectivity index (χ0) is 28.8. The Labute approximate surface area is 239 Å². The van der Waals surface area contributed by atoms with E-state index in [1.165, 1.54) is 18.2 Å². The summed E-state index contributed by atoms with van der Waals surface area (Å²) >= 11 is 0. The molecule has 0 saturated heterocycles. The molecule has 0 radical (unpaired) electrons. The van der Waals surface area contributed by atoms with Crippen molar-refractivity contribution in [3.8, 4) is 33.5 Å². The van der Waals surface area contributed by atoms with Crippen molar-refractivity contribution in [1.82, 2.24) is 0 Å². The molecule has 204 valence electrons. The molecule has 0 atom stereocenters. The number of rotatable bonds is 5. The topological polar surface area (TPSA) is 10.6 Å². The Kier molecular flexibility index (Phi) is 6.66. The van der Waals surface area contributed by atoms with Gasteiger partial charge in [-0.25, -0.2) is 8.78 Å². The Bertz CT molecular complexity index is 1890. The number of fused-ring (bicyclic) bond motifs is 3. The molecule has 0 amide bonds. The standard InChI is InChI=1S/C36H32F2N3/c1-23-20-32(24-6-12-27(37)13-7-24)36-31-19-14-28(38)21-33(31)34(25-8-15-29(16-9-25)39(2)3)35(41(36)22-23)26-10-17-30(18-11-26)40(4)5/h6-22H,1-5H3/q+1. The maximum atomic E-state index is 15.0. The van der Waals surface area contributed by atoms with Crippen molar-refractivity contribution in [2.45, 2.75) is 6.92 Å². The zero-order valence-electron chi connectivity index (χ0n) is 23.9. The van der Waals surface area contributed by atoms with Crippen LogP contribution in [0.4, 0.5) is 20.2 Å². The van der Waals surface area contributed by atoms with Gasteiger partial charge in [-0.05, 0) is 90.8 Å². The molecule has 5 heteroatoms. The summed E-state index contributed by atoms with van der Waals surface area (Å²) in [6.45, 7) is 2.07. The van der Waals surface area contributed by atoms with Crippen LogP contribution < -0.4 is 14.2 Å². The molecule has 0 fully saturated rings. The number of anilines is 2. The highest BCUT2D eigenvalue weighted by Crippen LogP contribution is 2.41. The van der Waals surface area contributed by atoms with Gasteiger partial charge in [0.15, 0.2) is 6.20 Å². The second kappa shape index (κ2) is 10.3. The van der Waals surface area contributed by atoms with E-state index in [-0.39, 0.29) is 11.6 Å². The summed E-state index contributed by atoms with van der Waals surface area (Å²) < 4.78 is 31.2. The first-order valence-corrected chi connectivity index (χ1v) is 13.6. The Balaban J connectivity index is 1.81. The van der Waals surface area contributed by atoms with Gasteiger partial charge in [0.05, 0.1) is 16.5 Å². The number of halogens is 2. The maximum Gasteiger partial charge on any atom is 0.226 e. The van der Waals surface area contributed by atoms with Gasteiger partial charge in [-0.3, -0.25) is 0 Å². The minimum Gasteiger partial charge on any atom is -0.378 e. The summed E-state index contributed by atoms with van der Waals surface area (Å²) in [5.41, 5.74) is 9.97. The van der Waals surface area contributed by atoms with Crippen LogP contribution in [0, 0.1) is 18.6 Å². The number of benzene rings is 4. The van der Waals surface area contributed by atoms with Gasteiger partial charge in [-0.1, -0.05) is 24.3 Å². The lowest BCUT2D eigenvalue weighted by molar-refractivity contribution is -0.497. The summed E-state index contributed by atoms with van der Waals surface area (Å²) in [5.74, 6) is -0.576. The first-order chi connectivity index (χ1) is 19.7. The van der Waals surface area contributed by atoms with Crippen LogP contribution in [0.25, 0.3) is 49.8 Å². The van der Waals surface area contributed by atoms with E-state index < -0.39 is 0 Å². The molecule has 2 heterocycles. The summed E-state index contributed by atoms with van der Waals surface area (Å²) in [5, 5.41) is 1.74. The number of pyridine rings is 2. The quantitative estimate of drug-likeness (QED) is 0.160. The minimum absolute atomic E-state index is 0.282. The molecule has 0 aliphatic rings. The van der Waals surface area contributed by atoms with Gasteiger partial charge >= 0.3 is 0 Å². The molecular formula is C36H32F2N3+. The lowest BCUT2D eigenvalue weighted by Gasteiger charge is -2.17. The van der Waals surface area contributed by atoms with E-state index in [1.807, 2.05) is 34.3 Å². The third-order valence-corrected chi connectivity index (χ3v) is 7.67. The fourth-order valence-electron chi connectivity index (χ4n) is 5.63. The molecule has 3 nitrogen and oxygen atoms in total. The molecule has 2 aromatic heterocycles. The van der Waals surface area contributed by atoms with E-state index in [2.05, 4.69) is 81.9 Å². The van der Waals surface area contributed by atoms with Gasteiger partial charge in [0.1, 0.15) is 11.6 Å². The Morgan fingerprint density at radius 2 is 1.10 bits per heavy atom. The number of hydrogen-bond acceptors (Lipinski definition) is 2. The van der Waals surface area contributed by atoms with E-state index in [9.17, 15) is 4.39 Å². The van der Waals surface area contributed by atoms with Gasteiger partial charge in [-0.15, -0.1) is 0 Å². The fraction of sp³-hybridized carbons (Fsp3) is 0.139. The van der Waals surface area contributed by atoms with E-state index in [4.69, 9.17) is 0 Å². The Morgan fingerprint density at radius 1 is 0.561 bits per heavy atom. The van der Waals surface area contributed by atoms with Crippen molar-refractivity contribution in [2.24, 2.45) is 0 Å². The third-order valence-electron chi connectivity index (χ3n) is 7.67. The van der Waals surface area contributed by atoms with Gasteiger partial charge in [-0.2, -0.15) is 4.40 Å². The highest BCUT2D eigenvalue weighted by molar-refractivity contribution is 6.10. The SMILES string of the molecule is Cc1cc(-c2ccc(F)cc2)c2c3ccc(F)cc3c(-c3ccc(N(C)C)cc3)c(-c3ccc(N(C)C)cc3)[n+]2c1. The molecule has 6 rings (SSSR count). The highest BCUT2D eigenvalue weighted by Gasteiger charge is 2.28. The molecule has 41 heavy (non-hydrogen) atoms. The fourth-order valence-corrected chi connectivity index (χ4v) is 5.63. The van der Waals surface area contributed by atoms with Crippen molar-refractivity contribution in [1.29, 1.82) is 0 Å². The van der Waals surface area contributed by atoms with Crippen molar-refractivity contribution < 1.29 is 13.2 Å². The lowest BCUT2D eigenvalue weighted by atomic mass is 9.90. The van der Waals surface area contributed by atoms with E-state index in [0.29, 0.717) is 0 Å². The lowest BCUT2D eigenvalue weighted by Crippen LogP contribution is -2.28. The smallest absolute Gasteiger partial charge is 0.226 e. The molecule has 0 saturated carbocycles. The molecule has 0 spiro atoms. The molecule has 0 bridgehead atoms. The molecular weight excluding hydrogens is 512 g/mol. The van der Waals surface area contributed by atoms with Crippen LogP contribution >= 0.6 is 0 Å². The number of nitrogens with zero attached hydrogens (tertiary/aromatic N) is 3. The summed E-state index contributed by atoms with van der Waals surface area (Å²) in [6.07, 6.45) is 2.14. The summed E-state index contributed by atoms with van der Waals surface area (Å²) in [6, 6.07) is 30.6. The summed E-state index contributed by atoms with van der Waals surface area (Å²) in [4.78, 5) is 4.14. The van der Waals surface area contributed by atoms with Crippen molar-refractivity contribution in [3.63, 3.8) is 0 Å². The van der Waals surface area contributed by atoms with E-state index >= 15 is 4.39 Å². The second-order valence-electron chi connectivity index (χ2n) is 11.0. The van der Waals surface area contributed by atoms with Crippen LogP contribution in [0.5, 0.6) is 0 Å². The predicted octanol–water partition coefficient (Wildman–Crippen LogP) is 8.30. The van der Waals surface area contributed by atoms with Gasteiger partial charge in [0.2, 0.25) is 11.2 Å². The van der Waals surface area contributed by atoms with Crippen LogP contribution in [0.2, 0.25) is 0 Å². The number of aryl methyl sites for hydroxylation is 1. The van der Waals surface area contributed by atoms with Crippen LogP contribution in [-0.4, -0.2) is 28.2 Å². The van der Waals surface area contributed by atoms with Crippen molar-refractivity contribution in [3.05, 3.63) is 120 Å². The minimum atomic E-state index is -0.294. The monoisotopic (exact) mass is 544 g/mol. The zero-order valence-corrected chi connectivity index (χ0v) is 23.9. The molecule has 0 unspecified atom stereocenters. The maximum absolute atomic E-state index is 15.0. The number of aromatic nitrogens is 1. The predicted molar refractivity (Wildman–Crippen MR) is 167 cm³/mol. The van der Waals surface area contributed by atoms with Gasteiger partial charge in [0.25, 0.3) is 0 Å². The third kappa shape index (κ3) is 4.78. The van der Waals surface area contributed by atoms with Crippen LogP contribution in [0.15, 0.2) is 103 Å². The second-order valence-corrected chi connectivity index (χ2v) is 11.0. The van der Waals surface area contributed by atoms with Crippen LogP contribution in [-0.2, 0) is 0 Å². The van der Waals surface area contributed by atoms with Gasteiger partial charge in [0, 0.05) is 56.1 Å². The van der Waals surface area contributed by atoms with Crippen molar-refractivity contribution >= 4 is 27.7 Å². The van der Waals surface area contributed by atoms with Crippen LogP contribution in [0.3, 0.4) is 0 Å². The van der Waals surface area contributed by atoms with Crippen molar-refractivity contribution in [2.75, 3.05) is 38.0 Å². The Hall–Kier alpha value is -4.77. The highest BCUT2D eigenvalue weighted by atomic mass is 19.1. The van der Waals surface area contributed by atoms with Gasteiger partial charge < -0.3 is 9.80 Å². The van der Waals surface area contributed by atoms with Crippen LogP contribution in [0.1, 0.15) is 5.56 Å². The first-order valence-electron chi connectivity index (χ1n) is 13.6. The average Bonchev–Trinajstić information content (AvgIpc) is 2.96. The molecule has 0 aliphatic heterocycles. The summed E-state index contributed by atoms with van der Waals surface area (Å²) in [7, 11) is 8.08. The average molecular weight is 545 g/mol. The molecule has 4 aromatic carbocycles. The van der Waals surface area contributed by atoms with E-state index in [1.54, 1.807) is 18.2 Å². The number of hydrogen-bond donors (Lipinski definition) is 0. The molecule has 0 aliphatic carbocycles.